The molecule has 0 saturated heterocycles. The number of aromatic carboxylic acids is 1. The van der Waals surface area contributed by atoms with Crippen LogP contribution in [0, 0.1) is 6.92 Å². The first-order valence-corrected chi connectivity index (χ1v) is 2.91. The quantitative estimate of drug-likeness (QED) is 0.541. The van der Waals surface area contributed by atoms with E-state index in [1.54, 1.807) is 6.92 Å². The van der Waals surface area contributed by atoms with Gasteiger partial charge in [-0.25, -0.2) is 9.97 Å². The maximum atomic E-state index is 10.3. The molecule has 2 N–H and O–H groups in total. The van der Waals surface area contributed by atoms with E-state index in [2.05, 4.69) is 9.97 Å². The van der Waals surface area contributed by atoms with Crippen LogP contribution in [0.1, 0.15) is 16.2 Å². The number of anilines is 1. The summed E-state index contributed by atoms with van der Waals surface area (Å²) in [6.07, 6.45) is 1.39. The van der Waals surface area contributed by atoms with Crippen molar-refractivity contribution in [1.29, 1.82) is 0 Å². The molecule has 5 nitrogen and oxygen atoms in total. The van der Waals surface area contributed by atoms with Gasteiger partial charge in [0.05, 0.1) is 17.9 Å². The Morgan fingerprint density at radius 3 is 2.82 bits per heavy atom. The van der Waals surface area contributed by atoms with Gasteiger partial charge in [0.15, 0.2) is 5.82 Å². The van der Waals surface area contributed by atoms with Gasteiger partial charge in [0.2, 0.25) is 0 Å². The number of carboxylic acids is 1. The summed E-state index contributed by atoms with van der Waals surface area (Å²) < 4.78 is 0. The van der Waals surface area contributed by atoms with E-state index in [0.29, 0.717) is 5.69 Å². The number of carboxylic acid groups (broad SMARTS) is 1. The zero-order valence-corrected chi connectivity index (χ0v) is 5.87. The predicted molar refractivity (Wildman–Crippen MR) is 35.5 cm³/mol. The average molecular weight is 152 g/mol. The van der Waals surface area contributed by atoms with Gasteiger partial charge in [-0.15, -0.1) is 0 Å². The van der Waals surface area contributed by atoms with Crippen molar-refractivity contribution in [3.05, 3.63) is 17.6 Å². The zero-order chi connectivity index (χ0) is 8.43. The SMILES string of the molecule is Cc1cnc(N)c(C(=O)[O-])n1. The van der Waals surface area contributed by atoms with E-state index in [-0.39, 0.29) is 11.5 Å². The van der Waals surface area contributed by atoms with Crippen molar-refractivity contribution in [2.75, 3.05) is 5.73 Å². The molecule has 1 rings (SSSR count). The highest BCUT2D eigenvalue weighted by molar-refractivity contribution is 5.88. The van der Waals surface area contributed by atoms with E-state index >= 15 is 0 Å². The molecule has 0 bridgehead atoms. The van der Waals surface area contributed by atoms with Crippen LogP contribution in [0.4, 0.5) is 5.82 Å². The smallest absolute Gasteiger partial charge is 0.151 e. The largest absolute Gasteiger partial charge is 0.543 e. The van der Waals surface area contributed by atoms with Crippen molar-refractivity contribution in [3.8, 4) is 0 Å². The predicted octanol–water partition coefficient (Wildman–Crippen LogP) is -1.27. The van der Waals surface area contributed by atoms with Crippen molar-refractivity contribution in [3.63, 3.8) is 0 Å². The highest BCUT2D eigenvalue weighted by Crippen LogP contribution is 2.02. The molecule has 0 unspecified atom stereocenters. The molecule has 0 spiro atoms. The van der Waals surface area contributed by atoms with Gasteiger partial charge in [0.25, 0.3) is 0 Å². The monoisotopic (exact) mass is 152 g/mol. The van der Waals surface area contributed by atoms with Crippen molar-refractivity contribution in [2.45, 2.75) is 6.92 Å². The van der Waals surface area contributed by atoms with Crippen molar-refractivity contribution < 1.29 is 9.90 Å². The molecule has 0 aliphatic heterocycles. The molecule has 1 aromatic rings. The Kier molecular flexibility index (Phi) is 1.72. The summed E-state index contributed by atoms with van der Waals surface area (Å²) in [6, 6.07) is 0. The molecule has 0 aliphatic carbocycles. The third-order valence-electron chi connectivity index (χ3n) is 1.11. The first kappa shape index (κ1) is 7.46. The van der Waals surface area contributed by atoms with Gasteiger partial charge >= 0.3 is 0 Å². The number of nitrogens with two attached hydrogens (primary N) is 1. The Labute approximate surface area is 62.9 Å². The second-order valence-electron chi connectivity index (χ2n) is 2.03. The molecule has 1 heterocycles. The first-order valence-electron chi connectivity index (χ1n) is 2.91. The van der Waals surface area contributed by atoms with Gasteiger partial charge in [-0.1, -0.05) is 0 Å². The normalized spacial score (nSPS) is 9.55. The highest BCUT2D eigenvalue weighted by atomic mass is 16.4. The molecule has 11 heavy (non-hydrogen) atoms. The first-order chi connectivity index (χ1) is 5.11. The Hall–Kier alpha value is -1.65. The lowest BCUT2D eigenvalue weighted by molar-refractivity contribution is -0.255. The minimum absolute atomic E-state index is 0.115. The summed E-state index contributed by atoms with van der Waals surface area (Å²) in [5, 5.41) is 10.3. The van der Waals surface area contributed by atoms with Crippen molar-refractivity contribution in [1.82, 2.24) is 9.97 Å². The second kappa shape index (κ2) is 2.53. The molecule has 0 saturated carbocycles. The minimum atomic E-state index is -1.40. The lowest BCUT2D eigenvalue weighted by atomic mass is 10.4. The van der Waals surface area contributed by atoms with Gasteiger partial charge in [0.1, 0.15) is 5.69 Å². The van der Waals surface area contributed by atoms with Gasteiger partial charge in [0, 0.05) is 0 Å². The fourth-order valence-corrected chi connectivity index (χ4v) is 0.637. The Morgan fingerprint density at radius 2 is 2.36 bits per heavy atom. The molecular formula is C6H6N3O2-. The van der Waals surface area contributed by atoms with Crippen LogP contribution in [-0.4, -0.2) is 15.9 Å². The second-order valence-corrected chi connectivity index (χ2v) is 2.03. The number of hydrogen-bond acceptors (Lipinski definition) is 5. The molecular weight excluding hydrogens is 146 g/mol. The van der Waals surface area contributed by atoms with Gasteiger partial charge in [-0.05, 0) is 6.92 Å². The number of hydrogen-bond donors (Lipinski definition) is 1. The van der Waals surface area contributed by atoms with Crippen LogP contribution in [0.2, 0.25) is 0 Å². The van der Waals surface area contributed by atoms with Crippen LogP contribution < -0.4 is 10.8 Å². The number of aromatic nitrogens is 2. The van der Waals surface area contributed by atoms with Gasteiger partial charge in [-0.2, -0.15) is 0 Å². The lowest BCUT2D eigenvalue weighted by Crippen LogP contribution is -2.25. The molecule has 0 amide bonds. The van der Waals surface area contributed by atoms with E-state index in [1.165, 1.54) is 6.20 Å². The Balaban J connectivity index is 3.23. The number of nitrogens with zero attached hydrogens (tertiary/aromatic N) is 2. The number of rotatable bonds is 1. The summed E-state index contributed by atoms with van der Waals surface area (Å²) in [4.78, 5) is 17.5. The van der Waals surface area contributed by atoms with E-state index in [9.17, 15) is 9.90 Å². The summed E-state index contributed by atoms with van der Waals surface area (Å²) in [6.45, 7) is 1.62. The fourth-order valence-electron chi connectivity index (χ4n) is 0.637. The van der Waals surface area contributed by atoms with Crippen LogP contribution in [-0.2, 0) is 0 Å². The fraction of sp³-hybridized carbons (Fsp3) is 0.167. The average Bonchev–Trinajstić information content (AvgIpc) is 1.94. The van der Waals surface area contributed by atoms with Crippen LogP contribution in [0.25, 0.3) is 0 Å². The maximum Gasteiger partial charge on any atom is 0.151 e. The molecule has 0 fully saturated rings. The summed E-state index contributed by atoms with van der Waals surface area (Å²) >= 11 is 0. The number of carbonyl (C=O) groups is 1. The standard InChI is InChI=1S/C6H7N3O2/c1-3-2-8-5(7)4(9-3)6(10)11/h2H,1H3,(H2,7,8)(H,10,11)/p-1. The molecule has 0 atom stereocenters. The zero-order valence-electron chi connectivity index (χ0n) is 5.87. The molecule has 0 radical (unpaired) electrons. The van der Waals surface area contributed by atoms with Gasteiger partial charge in [-0.3, -0.25) is 0 Å². The topological polar surface area (TPSA) is 91.9 Å². The highest BCUT2D eigenvalue weighted by Gasteiger charge is 2.01. The summed E-state index contributed by atoms with van der Waals surface area (Å²) in [7, 11) is 0. The molecule has 0 aromatic carbocycles. The number of aryl methyl sites for hydroxylation is 1. The van der Waals surface area contributed by atoms with Crippen LogP contribution in [0.3, 0.4) is 0 Å². The van der Waals surface area contributed by atoms with Crippen molar-refractivity contribution >= 4 is 11.8 Å². The van der Waals surface area contributed by atoms with Crippen LogP contribution >= 0.6 is 0 Å². The number of carbonyl (C=O) groups excluding carboxylic acids is 1. The minimum Gasteiger partial charge on any atom is -0.543 e. The van der Waals surface area contributed by atoms with E-state index in [1.807, 2.05) is 0 Å². The maximum absolute atomic E-state index is 10.3. The molecule has 5 heteroatoms. The van der Waals surface area contributed by atoms with Crippen LogP contribution in [0.15, 0.2) is 6.20 Å². The Morgan fingerprint density at radius 1 is 1.73 bits per heavy atom. The lowest BCUT2D eigenvalue weighted by Gasteiger charge is -2.03. The van der Waals surface area contributed by atoms with E-state index < -0.39 is 5.97 Å². The van der Waals surface area contributed by atoms with E-state index in [4.69, 9.17) is 5.73 Å². The molecule has 1 aromatic heterocycles. The summed E-state index contributed by atoms with van der Waals surface area (Å²) in [5.74, 6) is -1.52. The molecule has 58 valence electrons. The van der Waals surface area contributed by atoms with Crippen molar-refractivity contribution in [2.24, 2.45) is 0 Å². The van der Waals surface area contributed by atoms with E-state index in [0.717, 1.165) is 0 Å². The summed E-state index contributed by atoms with van der Waals surface area (Å²) in [5.41, 5.74) is 5.39. The van der Waals surface area contributed by atoms with Gasteiger partial charge < -0.3 is 15.6 Å². The third kappa shape index (κ3) is 1.43. The number of nitrogen functional groups attached to an aromatic ring is 1. The third-order valence-corrected chi connectivity index (χ3v) is 1.11. The van der Waals surface area contributed by atoms with Crippen LogP contribution in [0.5, 0.6) is 0 Å². The molecule has 0 aliphatic rings. The Bertz CT molecular complexity index is 298.